The summed E-state index contributed by atoms with van der Waals surface area (Å²) in [6.07, 6.45) is -3.12. The zero-order valence-corrected chi connectivity index (χ0v) is 10.7. The number of rotatable bonds is 4. The Morgan fingerprint density at radius 2 is 1.95 bits per heavy atom. The fourth-order valence-corrected chi connectivity index (χ4v) is 2.42. The highest BCUT2D eigenvalue weighted by Crippen LogP contribution is 2.40. The standard InChI is InChI=1S/C11H18F3N3O2/c1-17(7-6-11(12,13)14)9(18)10(8(15)16-19)4-2-3-5-10/h19H,2-7H2,1H3,(H2,15,16). The molecular weight excluding hydrogens is 263 g/mol. The van der Waals surface area contributed by atoms with Crippen molar-refractivity contribution in [1.82, 2.24) is 4.90 Å². The lowest BCUT2D eigenvalue weighted by Crippen LogP contribution is -2.49. The van der Waals surface area contributed by atoms with Crippen LogP contribution in [0.4, 0.5) is 13.2 Å². The van der Waals surface area contributed by atoms with E-state index in [0.29, 0.717) is 12.8 Å². The maximum atomic E-state index is 12.3. The molecule has 0 saturated heterocycles. The topological polar surface area (TPSA) is 78.9 Å². The number of halogens is 3. The molecule has 1 fully saturated rings. The Kier molecular flexibility index (Phi) is 4.65. The maximum Gasteiger partial charge on any atom is 0.390 e. The van der Waals surface area contributed by atoms with Crippen LogP contribution in [0.25, 0.3) is 0 Å². The molecule has 110 valence electrons. The van der Waals surface area contributed by atoms with Crippen LogP contribution in [0.1, 0.15) is 32.1 Å². The predicted octanol–water partition coefficient (Wildman–Crippen LogP) is 1.70. The molecule has 19 heavy (non-hydrogen) atoms. The van der Waals surface area contributed by atoms with Gasteiger partial charge in [0, 0.05) is 13.6 Å². The molecule has 0 bridgehead atoms. The number of nitrogens with zero attached hydrogens (tertiary/aromatic N) is 2. The van der Waals surface area contributed by atoms with Crippen LogP contribution in [0.3, 0.4) is 0 Å². The maximum absolute atomic E-state index is 12.3. The molecule has 1 aliphatic carbocycles. The molecule has 0 aliphatic heterocycles. The van der Waals surface area contributed by atoms with Gasteiger partial charge < -0.3 is 15.8 Å². The molecule has 1 saturated carbocycles. The highest BCUT2D eigenvalue weighted by molar-refractivity contribution is 6.06. The Balaban J connectivity index is 2.78. The van der Waals surface area contributed by atoms with E-state index in [1.807, 2.05) is 0 Å². The summed E-state index contributed by atoms with van der Waals surface area (Å²) >= 11 is 0. The molecule has 1 aliphatic rings. The Hall–Kier alpha value is -1.47. The van der Waals surface area contributed by atoms with E-state index in [1.165, 1.54) is 7.05 Å². The Morgan fingerprint density at radius 3 is 2.37 bits per heavy atom. The van der Waals surface area contributed by atoms with Crippen LogP contribution < -0.4 is 5.73 Å². The number of hydrogen-bond acceptors (Lipinski definition) is 3. The summed E-state index contributed by atoms with van der Waals surface area (Å²) in [5.41, 5.74) is 4.42. The van der Waals surface area contributed by atoms with Gasteiger partial charge in [-0.3, -0.25) is 4.79 Å². The third-order valence-corrected chi connectivity index (χ3v) is 3.54. The zero-order valence-electron chi connectivity index (χ0n) is 10.7. The van der Waals surface area contributed by atoms with Crippen molar-refractivity contribution in [2.45, 2.75) is 38.3 Å². The average Bonchev–Trinajstić information content (AvgIpc) is 2.83. The molecule has 0 atom stereocenters. The molecule has 1 amide bonds. The van der Waals surface area contributed by atoms with Crippen molar-refractivity contribution in [3.63, 3.8) is 0 Å². The van der Waals surface area contributed by atoms with Gasteiger partial charge in [-0.05, 0) is 12.8 Å². The van der Waals surface area contributed by atoms with E-state index in [1.54, 1.807) is 0 Å². The molecule has 5 nitrogen and oxygen atoms in total. The van der Waals surface area contributed by atoms with Crippen LogP contribution in [0, 0.1) is 5.41 Å². The SMILES string of the molecule is CN(CCC(F)(F)F)C(=O)C1(C(N)=NO)CCCC1. The second-order valence-corrected chi connectivity index (χ2v) is 4.87. The number of amidine groups is 1. The molecule has 0 aromatic rings. The predicted molar refractivity (Wildman–Crippen MR) is 62.6 cm³/mol. The number of hydrogen-bond donors (Lipinski definition) is 2. The minimum absolute atomic E-state index is 0.214. The van der Waals surface area contributed by atoms with E-state index < -0.39 is 30.5 Å². The van der Waals surface area contributed by atoms with Crippen molar-refractivity contribution in [3.8, 4) is 0 Å². The van der Waals surface area contributed by atoms with Gasteiger partial charge in [0.1, 0.15) is 5.41 Å². The monoisotopic (exact) mass is 281 g/mol. The lowest BCUT2D eigenvalue weighted by atomic mass is 9.83. The summed E-state index contributed by atoms with van der Waals surface area (Å²) < 4.78 is 36.5. The zero-order chi connectivity index (χ0) is 14.7. The van der Waals surface area contributed by atoms with Crippen molar-refractivity contribution in [2.75, 3.05) is 13.6 Å². The van der Waals surface area contributed by atoms with Crippen molar-refractivity contribution in [3.05, 3.63) is 0 Å². The van der Waals surface area contributed by atoms with Crippen LogP contribution in [-0.4, -0.2) is 41.6 Å². The van der Waals surface area contributed by atoms with Crippen LogP contribution >= 0.6 is 0 Å². The first-order valence-corrected chi connectivity index (χ1v) is 6.03. The van der Waals surface area contributed by atoms with E-state index in [2.05, 4.69) is 5.16 Å². The quantitative estimate of drug-likeness (QED) is 0.356. The van der Waals surface area contributed by atoms with Crippen molar-refractivity contribution < 1.29 is 23.2 Å². The van der Waals surface area contributed by atoms with Crippen LogP contribution in [-0.2, 0) is 4.79 Å². The number of carbonyl (C=O) groups excluding carboxylic acids is 1. The summed E-state index contributed by atoms with van der Waals surface area (Å²) in [4.78, 5) is 13.3. The minimum atomic E-state index is -4.31. The summed E-state index contributed by atoms with van der Waals surface area (Å²) in [5, 5.41) is 11.6. The van der Waals surface area contributed by atoms with Gasteiger partial charge in [0.2, 0.25) is 5.91 Å². The Morgan fingerprint density at radius 1 is 1.42 bits per heavy atom. The van der Waals surface area contributed by atoms with Gasteiger partial charge in [0.15, 0.2) is 5.84 Å². The highest BCUT2D eigenvalue weighted by Gasteiger charge is 2.47. The number of oxime groups is 1. The van der Waals surface area contributed by atoms with Crippen LogP contribution in [0.15, 0.2) is 5.16 Å². The van der Waals surface area contributed by atoms with Gasteiger partial charge in [-0.15, -0.1) is 0 Å². The smallest absolute Gasteiger partial charge is 0.390 e. The van der Waals surface area contributed by atoms with E-state index in [0.717, 1.165) is 17.7 Å². The lowest BCUT2D eigenvalue weighted by Gasteiger charge is -2.31. The third kappa shape index (κ3) is 3.51. The Labute approximate surface area is 109 Å². The largest absolute Gasteiger partial charge is 0.409 e. The second kappa shape index (κ2) is 5.66. The molecule has 1 rings (SSSR count). The van der Waals surface area contributed by atoms with E-state index >= 15 is 0 Å². The Bertz CT molecular complexity index is 363. The van der Waals surface area contributed by atoms with E-state index in [4.69, 9.17) is 10.9 Å². The van der Waals surface area contributed by atoms with Crippen molar-refractivity contribution in [2.24, 2.45) is 16.3 Å². The van der Waals surface area contributed by atoms with Gasteiger partial charge in [-0.25, -0.2) is 0 Å². The molecule has 0 aromatic carbocycles. The number of carbonyl (C=O) groups is 1. The third-order valence-electron chi connectivity index (χ3n) is 3.54. The first-order valence-electron chi connectivity index (χ1n) is 6.03. The van der Waals surface area contributed by atoms with Crippen LogP contribution in [0.5, 0.6) is 0 Å². The molecule has 0 unspecified atom stereocenters. The van der Waals surface area contributed by atoms with Gasteiger partial charge in [-0.1, -0.05) is 18.0 Å². The molecule has 0 heterocycles. The molecular formula is C11H18F3N3O2. The van der Waals surface area contributed by atoms with Crippen LogP contribution in [0.2, 0.25) is 0 Å². The average molecular weight is 281 g/mol. The second-order valence-electron chi connectivity index (χ2n) is 4.87. The van der Waals surface area contributed by atoms with Gasteiger partial charge in [0.25, 0.3) is 0 Å². The highest BCUT2D eigenvalue weighted by atomic mass is 19.4. The van der Waals surface area contributed by atoms with Gasteiger partial charge in [0.05, 0.1) is 6.42 Å². The molecule has 3 N–H and O–H groups in total. The molecule has 0 radical (unpaired) electrons. The fourth-order valence-electron chi connectivity index (χ4n) is 2.42. The van der Waals surface area contributed by atoms with Gasteiger partial charge in [-0.2, -0.15) is 13.2 Å². The number of nitrogens with two attached hydrogens (primary N) is 1. The van der Waals surface area contributed by atoms with E-state index in [-0.39, 0.29) is 5.84 Å². The lowest BCUT2D eigenvalue weighted by molar-refractivity contribution is -0.147. The molecule has 8 heteroatoms. The summed E-state index contributed by atoms with van der Waals surface area (Å²) in [6.45, 7) is -0.428. The molecule has 0 spiro atoms. The minimum Gasteiger partial charge on any atom is -0.409 e. The normalized spacial score (nSPS) is 19.5. The molecule has 0 aromatic heterocycles. The first kappa shape index (κ1) is 15.6. The van der Waals surface area contributed by atoms with Crippen molar-refractivity contribution in [1.29, 1.82) is 0 Å². The number of amides is 1. The summed E-state index contributed by atoms with van der Waals surface area (Å²) in [7, 11) is 1.30. The first-order chi connectivity index (χ1) is 8.73. The van der Waals surface area contributed by atoms with Crippen molar-refractivity contribution >= 4 is 11.7 Å². The number of alkyl halides is 3. The summed E-state index contributed by atoms with van der Waals surface area (Å²) in [6, 6.07) is 0. The van der Waals surface area contributed by atoms with Gasteiger partial charge >= 0.3 is 6.18 Å². The fraction of sp³-hybridized carbons (Fsp3) is 0.818. The van der Waals surface area contributed by atoms with E-state index in [9.17, 15) is 18.0 Å². The summed E-state index contributed by atoms with van der Waals surface area (Å²) in [5.74, 6) is -0.724.